The van der Waals surface area contributed by atoms with E-state index in [-0.39, 0.29) is 29.6 Å². The first kappa shape index (κ1) is 21.8. The smallest absolute Gasteiger partial charge is 0.263 e. The lowest BCUT2D eigenvalue weighted by Crippen LogP contribution is -2.24. The summed E-state index contributed by atoms with van der Waals surface area (Å²) in [7, 11) is 0. The van der Waals surface area contributed by atoms with E-state index in [0.29, 0.717) is 21.8 Å². The lowest BCUT2D eigenvalue weighted by molar-refractivity contribution is -0.113. The molecule has 0 aliphatic heterocycles. The number of benzene rings is 3. The van der Waals surface area contributed by atoms with Gasteiger partial charge in [-0.3, -0.25) is 18.6 Å². The molecule has 9 heteroatoms. The summed E-state index contributed by atoms with van der Waals surface area (Å²) in [5, 5.41) is 12.4. The van der Waals surface area contributed by atoms with Crippen LogP contribution in [0.5, 0.6) is 0 Å². The number of aromatic nitrogens is 4. The van der Waals surface area contributed by atoms with E-state index >= 15 is 0 Å². The van der Waals surface area contributed by atoms with Gasteiger partial charge < -0.3 is 5.32 Å². The molecule has 0 aliphatic carbocycles. The number of fused-ring (bicyclic) bond motifs is 3. The summed E-state index contributed by atoms with van der Waals surface area (Å²) in [5.41, 5.74) is 3.04. The number of carbonyl (C=O) groups excluding carboxylic acids is 1. The van der Waals surface area contributed by atoms with Crippen molar-refractivity contribution in [2.45, 2.75) is 18.6 Å². The predicted octanol–water partition coefficient (Wildman–Crippen LogP) is 4.27. The first-order valence-electron chi connectivity index (χ1n) is 10.6. The largest absolute Gasteiger partial charge is 0.325 e. The number of para-hydroxylation sites is 1. The number of anilines is 1. The van der Waals surface area contributed by atoms with Gasteiger partial charge in [-0.15, -0.1) is 10.2 Å². The summed E-state index contributed by atoms with van der Waals surface area (Å²) in [6, 6.07) is 20.8. The third-order valence-electron chi connectivity index (χ3n) is 5.40. The molecule has 1 N–H and O–H groups in total. The molecule has 0 spiro atoms. The normalized spacial score (nSPS) is 11.2. The second kappa shape index (κ2) is 9.11. The summed E-state index contributed by atoms with van der Waals surface area (Å²) in [5.74, 6) is -0.0334. The number of thioether (sulfide) groups is 1. The Balaban J connectivity index is 1.49. The van der Waals surface area contributed by atoms with E-state index in [2.05, 4.69) is 15.5 Å². The van der Waals surface area contributed by atoms with Crippen LogP contribution >= 0.6 is 11.8 Å². The quantitative estimate of drug-likeness (QED) is 0.373. The van der Waals surface area contributed by atoms with E-state index in [0.717, 1.165) is 16.8 Å². The fraction of sp³-hybridized carbons (Fsp3) is 0.120. The molecule has 5 aromatic rings. The molecule has 0 unspecified atom stereocenters. The van der Waals surface area contributed by atoms with Crippen molar-refractivity contribution in [1.29, 1.82) is 0 Å². The van der Waals surface area contributed by atoms with Crippen LogP contribution in [0.15, 0.2) is 82.7 Å². The molecule has 0 radical (unpaired) electrons. The second-order valence-electron chi connectivity index (χ2n) is 7.86. The van der Waals surface area contributed by atoms with Crippen LogP contribution in [0.2, 0.25) is 0 Å². The summed E-state index contributed by atoms with van der Waals surface area (Å²) < 4.78 is 16.6. The molecule has 0 fully saturated rings. The molecule has 0 aliphatic rings. The van der Waals surface area contributed by atoms with Crippen LogP contribution in [-0.2, 0) is 11.3 Å². The highest BCUT2D eigenvalue weighted by atomic mass is 32.2. The number of aryl methyl sites for hydroxylation is 1. The van der Waals surface area contributed by atoms with Gasteiger partial charge in [0.15, 0.2) is 5.16 Å². The zero-order chi connectivity index (χ0) is 23.7. The monoisotopic (exact) mass is 473 g/mol. The fourth-order valence-electron chi connectivity index (χ4n) is 3.71. The molecule has 34 heavy (non-hydrogen) atoms. The number of halogens is 1. The third kappa shape index (κ3) is 4.29. The Labute approximate surface area is 198 Å². The molecule has 2 heterocycles. The first-order chi connectivity index (χ1) is 16.5. The highest BCUT2D eigenvalue weighted by Crippen LogP contribution is 2.22. The van der Waals surface area contributed by atoms with E-state index in [9.17, 15) is 14.0 Å². The Hall–Kier alpha value is -3.98. The molecule has 2 aromatic heterocycles. The highest BCUT2D eigenvalue weighted by molar-refractivity contribution is 7.99. The number of hydrogen-bond acceptors (Lipinski definition) is 5. The van der Waals surface area contributed by atoms with Gasteiger partial charge in [-0.05, 0) is 48.9 Å². The van der Waals surface area contributed by atoms with Crippen LogP contribution in [0.25, 0.3) is 16.7 Å². The molecule has 0 bridgehead atoms. The predicted molar refractivity (Wildman–Crippen MR) is 131 cm³/mol. The molecule has 1 amide bonds. The first-order valence-corrected chi connectivity index (χ1v) is 11.6. The van der Waals surface area contributed by atoms with Crippen LogP contribution in [-0.4, -0.2) is 30.8 Å². The van der Waals surface area contributed by atoms with E-state index in [1.807, 2.05) is 43.3 Å². The molecular formula is C25H20FN5O2S. The molecular weight excluding hydrogens is 453 g/mol. The van der Waals surface area contributed by atoms with Crippen LogP contribution in [0.1, 0.15) is 11.1 Å². The molecule has 0 saturated carbocycles. The van der Waals surface area contributed by atoms with Gasteiger partial charge in [-0.1, -0.05) is 53.7 Å². The number of amides is 1. The SMILES string of the molecule is Cc1ccc(NC(=O)CSc2nnc3n(Cc4ccc(F)cc4)c(=O)c4ccccc4n23)cc1. The minimum Gasteiger partial charge on any atom is -0.325 e. The van der Waals surface area contributed by atoms with E-state index in [1.54, 1.807) is 28.7 Å². The Bertz CT molecular complexity index is 1560. The van der Waals surface area contributed by atoms with Crippen LogP contribution in [0, 0.1) is 12.7 Å². The fourth-order valence-corrected chi connectivity index (χ4v) is 4.45. The summed E-state index contributed by atoms with van der Waals surface area (Å²) in [4.78, 5) is 25.8. The summed E-state index contributed by atoms with van der Waals surface area (Å²) in [6.07, 6.45) is 0. The van der Waals surface area contributed by atoms with Crippen LogP contribution in [0.4, 0.5) is 10.1 Å². The van der Waals surface area contributed by atoms with E-state index in [4.69, 9.17) is 0 Å². The van der Waals surface area contributed by atoms with Gasteiger partial charge in [0.2, 0.25) is 11.7 Å². The summed E-state index contributed by atoms with van der Waals surface area (Å²) in [6.45, 7) is 2.20. The molecule has 170 valence electrons. The number of nitrogens with zero attached hydrogens (tertiary/aromatic N) is 4. The molecule has 5 rings (SSSR count). The Kier molecular flexibility index (Phi) is 5.85. The second-order valence-corrected chi connectivity index (χ2v) is 8.80. The maximum Gasteiger partial charge on any atom is 0.263 e. The van der Waals surface area contributed by atoms with Crippen LogP contribution in [0.3, 0.4) is 0 Å². The highest BCUT2D eigenvalue weighted by Gasteiger charge is 2.18. The van der Waals surface area contributed by atoms with Crippen molar-refractivity contribution >= 4 is 40.0 Å². The Morgan fingerprint density at radius 2 is 1.74 bits per heavy atom. The van der Waals surface area contributed by atoms with Gasteiger partial charge in [0.1, 0.15) is 5.82 Å². The minimum atomic E-state index is -0.343. The van der Waals surface area contributed by atoms with Crippen molar-refractivity contribution in [2.75, 3.05) is 11.1 Å². The maximum absolute atomic E-state index is 13.3. The Morgan fingerprint density at radius 3 is 2.50 bits per heavy atom. The summed E-state index contributed by atoms with van der Waals surface area (Å²) >= 11 is 1.24. The third-order valence-corrected chi connectivity index (χ3v) is 6.33. The van der Waals surface area contributed by atoms with Gasteiger partial charge >= 0.3 is 0 Å². The maximum atomic E-state index is 13.3. The number of hydrogen-bond donors (Lipinski definition) is 1. The minimum absolute atomic E-state index is 0.125. The topological polar surface area (TPSA) is 81.3 Å². The lowest BCUT2D eigenvalue weighted by Gasteiger charge is -2.11. The van der Waals surface area contributed by atoms with Gasteiger partial charge in [0, 0.05) is 5.69 Å². The van der Waals surface area contributed by atoms with Crippen molar-refractivity contribution in [1.82, 2.24) is 19.2 Å². The molecule has 0 atom stereocenters. The number of rotatable bonds is 6. The van der Waals surface area contributed by atoms with Crippen LogP contribution < -0.4 is 10.9 Å². The van der Waals surface area contributed by atoms with Crippen molar-refractivity contribution < 1.29 is 9.18 Å². The lowest BCUT2D eigenvalue weighted by atomic mass is 10.2. The zero-order valence-corrected chi connectivity index (χ0v) is 19.1. The zero-order valence-electron chi connectivity index (χ0n) is 18.2. The number of carbonyl (C=O) groups is 1. The Morgan fingerprint density at radius 1 is 1.00 bits per heavy atom. The van der Waals surface area contributed by atoms with Crippen molar-refractivity contribution in [3.05, 3.63) is 100 Å². The van der Waals surface area contributed by atoms with Crippen molar-refractivity contribution in [3.8, 4) is 0 Å². The van der Waals surface area contributed by atoms with Crippen molar-refractivity contribution in [3.63, 3.8) is 0 Å². The average molecular weight is 474 g/mol. The standard InChI is InChI=1S/C25H20FN5O2S/c1-16-6-12-19(13-7-16)27-22(32)15-34-25-29-28-24-30(14-17-8-10-18(26)11-9-17)23(33)20-4-2-3-5-21(20)31(24)25/h2-13H,14-15H2,1H3,(H,27,32). The van der Waals surface area contributed by atoms with Gasteiger partial charge in [0.25, 0.3) is 5.56 Å². The van der Waals surface area contributed by atoms with Gasteiger partial charge in [0.05, 0.1) is 23.2 Å². The molecule has 0 saturated heterocycles. The van der Waals surface area contributed by atoms with E-state index in [1.165, 1.54) is 28.5 Å². The molecule has 3 aromatic carbocycles. The van der Waals surface area contributed by atoms with Crippen molar-refractivity contribution in [2.24, 2.45) is 0 Å². The molecule has 7 nitrogen and oxygen atoms in total. The van der Waals surface area contributed by atoms with Gasteiger partial charge in [-0.2, -0.15) is 0 Å². The number of nitrogens with one attached hydrogen (secondary N) is 1. The van der Waals surface area contributed by atoms with E-state index < -0.39 is 0 Å². The average Bonchev–Trinajstić information content (AvgIpc) is 3.27. The van der Waals surface area contributed by atoms with Gasteiger partial charge in [-0.25, -0.2) is 4.39 Å².